The van der Waals surface area contributed by atoms with E-state index in [4.69, 9.17) is 14.2 Å². The fourth-order valence-electron chi connectivity index (χ4n) is 2.20. The quantitative estimate of drug-likeness (QED) is 0.769. The number of nitrogens with one attached hydrogen (secondary N) is 1. The van der Waals surface area contributed by atoms with Crippen LogP contribution in [0.5, 0.6) is 5.75 Å². The molecule has 0 amide bonds. The first-order chi connectivity index (χ1) is 9.22. The highest BCUT2D eigenvalue weighted by Crippen LogP contribution is 2.31. The zero-order valence-electron chi connectivity index (χ0n) is 11.9. The molecule has 0 unspecified atom stereocenters. The number of hydrogen-bond acceptors (Lipinski definition) is 4. The summed E-state index contributed by atoms with van der Waals surface area (Å²) < 4.78 is 16.1. The number of benzene rings is 1. The van der Waals surface area contributed by atoms with E-state index in [0.717, 1.165) is 24.3 Å². The summed E-state index contributed by atoms with van der Waals surface area (Å²) in [6.07, 6.45) is 2.52. The molecule has 0 aromatic heterocycles. The van der Waals surface area contributed by atoms with Crippen molar-refractivity contribution in [2.24, 2.45) is 0 Å². The lowest BCUT2D eigenvalue weighted by Gasteiger charge is -2.35. The van der Waals surface area contributed by atoms with Crippen LogP contribution in [0.25, 0.3) is 0 Å². The van der Waals surface area contributed by atoms with Crippen LogP contribution in [0.3, 0.4) is 0 Å². The summed E-state index contributed by atoms with van der Waals surface area (Å²) in [5.74, 6) is 0.901. The van der Waals surface area contributed by atoms with Crippen molar-refractivity contribution in [3.63, 3.8) is 0 Å². The fourth-order valence-corrected chi connectivity index (χ4v) is 2.20. The number of hydrogen-bond donors (Lipinski definition) is 1. The molecule has 4 heteroatoms. The Morgan fingerprint density at radius 1 is 1.21 bits per heavy atom. The van der Waals surface area contributed by atoms with Crippen molar-refractivity contribution in [1.82, 2.24) is 0 Å². The van der Waals surface area contributed by atoms with E-state index in [1.54, 1.807) is 14.2 Å². The molecule has 4 nitrogen and oxygen atoms in total. The molecule has 0 heterocycles. The predicted octanol–water partition coefficient (Wildman–Crippen LogP) is 2.61. The second-order valence-corrected chi connectivity index (χ2v) is 5.01. The van der Waals surface area contributed by atoms with Gasteiger partial charge in [-0.3, -0.25) is 0 Å². The Morgan fingerprint density at radius 3 is 2.68 bits per heavy atom. The van der Waals surface area contributed by atoms with Crippen molar-refractivity contribution in [2.75, 3.05) is 32.8 Å². The molecule has 0 spiro atoms. The Balaban J connectivity index is 1.94. The van der Waals surface area contributed by atoms with Gasteiger partial charge in [-0.25, -0.2) is 0 Å². The Hall–Kier alpha value is -1.26. The van der Waals surface area contributed by atoms with E-state index < -0.39 is 0 Å². The van der Waals surface area contributed by atoms with Crippen LogP contribution < -0.4 is 10.1 Å². The minimum atomic E-state index is 0.404. The molecule has 2 rings (SSSR count). The summed E-state index contributed by atoms with van der Waals surface area (Å²) >= 11 is 0. The highest BCUT2D eigenvalue weighted by Gasteiger charge is 2.29. The van der Waals surface area contributed by atoms with Crippen LogP contribution in [-0.2, 0) is 9.47 Å². The minimum Gasteiger partial charge on any atom is -0.489 e. The molecule has 19 heavy (non-hydrogen) atoms. The Morgan fingerprint density at radius 2 is 2.00 bits per heavy atom. The lowest BCUT2D eigenvalue weighted by atomic mass is 9.89. The van der Waals surface area contributed by atoms with Crippen molar-refractivity contribution < 1.29 is 14.2 Å². The second kappa shape index (κ2) is 6.78. The Kier molecular flexibility index (Phi) is 5.05. The maximum Gasteiger partial charge on any atom is 0.142 e. The van der Waals surface area contributed by atoms with Gasteiger partial charge in [0, 0.05) is 20.3 Å². The fraction of sp³-hybridized carbons (Fsp3) is 0.600. The number of methoxy groups -OCH3 is 2. The summed E-state index contributed by atoms with van der Waals surface area (Å²) in [6, 6.07) is 6.72. The minimum absolute atomic E-state index is 0.404. The maximum atomic E-state index is 5.76. The van der Waals surface area contributed by atoms with E-state index in [-0.39, 0.29) is 0 Å². The van der Waals surface area contributed by atoms with Crippen molar-refractivity contribution in [3.8, 4) is 5.75 Å². The van der Waals surface area contributed by atoms with Gasteiger partial charge in [0.05, 0.1) is 18.4 Å². The van der Waals surface area contributed by atoms with Crippen molar-refractivity contribution in [3.05, 3.63) is 23.8 Å². The molecule has 0 aliphatic heterocycles. The Labute approximate surface area is 115 Å². The number of anilines is 1. The molecule has 0 radical (unpaired) electrons. The van der Waals surface area contributed by atoms with E-state index in [9.17, 15) is 0 Å². The van der Waals surface area contributed by atoms with Crippen molar-refractivity contribution >= 4 is 5.69 Å². The summed E-state index contributed by atoms with van der Waals surface area (Å²) in [5, 5.41) is 3.52. The average molecular weight is 265 g/mol. The van der Waals surface area contributed by atoms with Crippen LogP contribution in [0, 0.1) is 6.92 Å². The molecule has 1 aliphatic rings. The lowest BCUT2D eigenvalue weighted by Crippen LogP contribution is -2.40. The molecule has 1 aromatic rings. The van der Waals surface area contributed by atoms with Crippen LogP contribution in [0.15, 0.2) is 18.2 Å². The SMILES string of the molecule is COCCOc1cc(C)ccc1NC1CC(OC)C1. The van der Waals surface area contributed by atoms with Gasteiger partial charge in [-0.05, 0) is 37.5 Å². The first kappa shape index (κ1) is 14.2. The van der Waals surface area contributed by atoms with E-state index in [1.807, 2.05) is 0 Å². The van der Waals surface area contributed by atoms with Gasteiger partial charge in [0.2, 0.25) is 0 Å². The van der Waals surface area contributed by atoms with Crippen LogP contribution in [0.1, 0.15) is 18.4 Å². The van der Waals surface area contributed by atoms with Crippen molar-refractivity contribution in [1.29, 1.82) is 0 Å². The molecule has 1 N–H and O–H groups in total. The summed E-state index contributed by atoms with van der Waals surface area (Å²) in [7, 11) is 3.45. The van der Waals surface area contributed by atoms with Gasteiger partial charge in [-0.2, -0.15) is 0 Å². The van der Waals surface area contributed by atoms with Crippen LogP contribution >= 0.6 is 0 Å². The number of rotatable bonds is 7. The predicted molar refractivity (Wildman–Crippen MR) is 76.0 cm³/mol. The van der Waals surface area contributed by atoms with Crippen LogP contribution in [0.2, 0.25) is 0 Å². The molecule has 106 valence electrons. The third-order valence-electron chi connectivity index (χ3n) is 3.47. The van der Waals surface area contributed by atoms with Crippen LogP contribution in [0.4, 0.5) is 5.69 Å². The molecule has 1 aromatic carbocycles. The molecule has 1 saturated carbocycles. The number of ether oxygens (including phenoxy) is 3. The maximum absolute atomic E-state index is 5.76. The van der Waals surface area contributed by atoms with Gasteiger partial charge >= 0.3 is 0 Å². The third kappa shape index (κ3) is 3.85. The van der Waals surface area contributed by atoms with Gasteiger partial charge < -0.3 is 19.5 Å². The smallest absolute Gasteiger partial charge is 0.142 e. The monoisotopic (exact) mass is 265 g/mol. The number of aryl methyl sites for hydroxylation is 1. The van der Waals surface area contributed by atoms with Crippen LogP contribution in [-0.4, -0.2) is 39.6 Å². The molecule has 1 fully saturated rings. The summed E-state index contributed by atoms with van der Waals surface area (Å²) in [4.78, 5) is 0. The van der Waals surface area contributed by atoms with Crippen molar-refractivity contribution in [2.45, 2.75) is 31.9 Å². The second-order valence-electron chi connectivity index (χ2n) is 5.01. The van der Waals surface area contributed by atoms with E-state index in [1.165, 1.54) is 5.56 Å². The van der Waals surface area contributed by atoms with Gasteiger partial charge in [-0.1, -0.05) is 6.07 Å². The molecule has 0 bridgehead atoms. The van der Waals surface area contributed by atoms with E-state index >= 15 is 0 Å². The standard InChI is InChI=1S/C15H23NO3/c1-11-4-5-14(15(8-11)19-7-6-17-2)16-12-9-13(10-12)18-3/h4-5,8,12-13,16H,6-7,9-10H2,1-3H3. The zero-order chi connectivity index (χ0) is 13.7. The first-order valence-corrected chi connectivity index (χ1v) is 6.74. The summed E-state index contributed by atoms with van der Waals surface area (Å²) in [6.45, 7) is 3.24. The summed E-state index contributed by atoms with van der Waals surface area (Å²) in [5.41, 5.74) is 2.25. The normalized spacial score (nSPS) is 21.8. The molecule has 0 saturated heterocycles. The highest BCUT2D eigenvalue weighted by molar-refractivity contribution is 5.58. The van der Waals surface area contributed by atoms with Gasteiger partial charge in [0.1, 0.15) is 12.4 Å². The van der Waals surface area contributed by atoms with E-state index in [2.05, 4.69) is 30.4 Å². The Bertz CT molecular complexity index is 402. The average Bonchev–Trinajstić information content (AvgIpc) is 2.35. The largest absolute Gasteiger partial charge is 0.489 e. The van der Waals surface area contributed by atoms with Gasteiger partial charge in [-0.15, -0.1) is 0 Å². The lowest BCUT2D eigenvalue weighted by molar-refractivity contribution is 0.0328. The van der Waals surface area contributed by atoms with Gasteiger partial charge in [0.25, 0.3) is 0 Å². The topological polar surface area (TPSA) is 39.7 Å². The third-order valence-corrected chi connectivity index (χ3v) is 3.47. The molecule has 1 aliphatic carbocycles. The molecular formula is C15H23NO3. The molecular weight excluding hydrogens is 242 g/mol. The van der Waals surface area contributed by atoms with Gasteiger partial charge in [0.15, 0.2) is 0 Å². The first-order valence-electron chi connectivity index (χ1n) is 6.74. The van der Waals surface area contributed by atoms with E-state index in [0.29, 0.717) is 25.4 Å². The highest BCUT2D eigenvalue weighted by atomic mass is 16.5. The molecule has 0 atom stereocenters. The zero-order valence-corrected chi connectivity index (χ0v) is 11.9.